The van der Waals surface area contributed by atoms with E-state index < -0.39 is 5.97 Å². The Morgan fingerprint density at radius 3 is 3.00 bits per heavy atom. The second-order valence-corrected chi connectivity index (χ2v) is 3.70. The minimum Gasteiger partial charge on any atom is -0.481 e. The number of fused-ring (bicyclic) bond motifs is 1. The first kappa shape index (κ1) is 10.5. The molecule has 0 aliphatic heterocycles. The fourth-order valence-electron chi connectivity index (χ4n) is 1.74. The third-order valence-corrected chi connectivity index (χ3v) is 2.59. The lowest BCUT2D eigenvalue weighted by Crippen LogP contribution is -1.99. The second-order valence-electron chi connectivity index (χ2n) is 3.70. The normalized spacial score (nSPS) is 10.8. The van der Waals surface area contributed by atoms with E-state index >= 15 is 0 Å². The highest BCUT2D eigenvalue weighted by atomic mass is 16.4. The number of carboxylic acids is 1. The van der Waals surface area contributed by atoms with Gasteiger partial charge in [0.2, 0.25) is 0 Å². The van der Waals surface area contributed by atoms with E-state index in [2.05, 4.69) is 4.98 Å². The summed E-state index contributed by atoms with van der Waals surface area (Å²) < 4.78 is 1.85. The van der Waals surface area contributed by atoms with Crippen molar-refractivity contribution in [2.75, 3.05) is 0 Å². The number of hydrogen-bond donors (Lipinski definition) is 2. The molecule has 0 aliphatic rings. The van der Waals surface area contributed by atoms with Crippen LogP contribution in [0.5, 0.6) is 0 Å². The first-order chi connectivity index (χ1) is 7.58. The SMILES string of the molecule is Cc1c(CCC(=O)O)[nH]c2cc(=O)ccn12. The number of aliphatic carboxylic acids is 1. The number of nitrogens with zero attached hydrogens (tertiary/aromatic N) is 1. The summed E-state index contributed by atoms with van der Waals surface area (Å²) in [5.41, 5.74) is 2.43. The number of aromatic nitrogens is 2. The minimum atomic E-state index is -0.826. The minimum absolute atomic E-state index is 0.0639. The Hall–Kier alpha value is -2.04. The molecule has 2 heterocycles. The molecule has 0 aromatic carbocycles. The van der Waals surface area contributed by atoms with Gasteiger partial charge in [0, 0.05) is 29.7 Å². The van der Waals surface area contributed by atoms with Crippen LogP contribution in [-0.2, 0) is 11.2 Å². The van der Waals surface area contributed by atoms with Crippen molar-refractivity contribution < 1.29 is 9.90 Å². The van der Waals surface area contributed by atoms with Gasteiger partial charge in [0.05, 0.1) is 6.42 Å². The summed E-state index contributed by atoms with van der Waals surface area (Å²) in [6.45, 7) is 1.89. The Balaban J connectivity index is 2.43. The van der Waals surface area contributed by atoms with Crippen LogP contribution in [0.3, 0.4) is 0 Å². The third-order valence-electron chi connectivity index (χ3n) is 2.59. The third kappa shape index (κ3) is 1.84. The lowest BCUT2D eigenvalue weighted by molar-refractivity contribution is -0.136. The average molecular weight is 220 g/mol. The van der Waals surface area contributed by atoms with Gasteiger partial charge in [0.15, 0.2) is 5.43 Å². The van der Waals surface area contributed by atoms with E-state index in [4.69, 9.17) is 5.11 Å². The maximum atomic E-state index is 11.1. The smallest absolute Gasteiger partial charge is 0.303 e. The zero-order valence-corrected chi connectivity index (χ0v) is 8.86. The highest BCUT2D eigenvalue weighted by molar-refractivity contribution is 5.67. The maximum absolute atomic E-state index is 11.1. The highest BCUT2D eigenvalue weighted by Gasteiger charge is 2.08. The van der Waals surface area contributed by atoms with Crippen molar-refractivity contribution in [2.45, 2.75) is 19.8 Å². The van der Waals surface area contributed by atoms with E-state index in [-0.39, 0.29) is 11.8 Å². The molecular weight excluding hydrogens is 208 g/mol. The molecule has 2 N–H and O–H groups in total. The number of imidazole rings is 1. The van der Waals surface area contributed by atoms with Crippen LogP contribution in [0.2, 0.25) is 0 Å². The Bertz CT molecular complexity index is 595. The molecule has 2 aromatic heterocycles. The first-order valence-corrected chi connectivity index (χ1v) is 4.99. The molecule has 0 radical (unpaired) electrons. The molecule has 2 rings (SSSR count). The van der Waals surface area contributed by atoms with E-state index in [0.29, 0.717) is 12.1 Å². The molecule has 0 spiro atoms. The van der Waals surface area contributed by atoms with Crippen LogP contribution in [0, 0.1) is 6.92 Å². The fraction of sp³-hybridized carbons (Fsp3) is 0.273. The quantitative estimate of drug-likeness (QED) is 0.808. The molecule has 0 amide bonds. The van der Waals surface area contributed by atoms with E-state index in [9.17, 15) is 9.59 Å². The molecule has 5 heteroatoms. The molecular formula is C11H12N2O3. The zero-order valence-electron chi connectivity index (χ0n) is 8.86. The summed E-state index contributed by atoms with van der Waals surface area (Å²) in [5, 5.41) is 8.61. The van der Waals surface area contributed by atoms with Crippen LogP contribution >= 0.6 is 0 Å². The summed E-state index contributed by atoms with van der Waals surface area (Å²) in [6.07, 6.45) is 2.21. The van der Waals surface area contributed by atoms with Crippen LogP contribution in [0.1, 0.15) is 17.8 Å². The van der Waals surface area contributed by atoms with Crippen molar-refractivity contribution in [3.8, 4) is 0 Å². The van der Waals surface area contributed by atoms with Crippen LogP contribution in [0.25, 0.3) is 5.65 Å². The van der Waals surface area contributed by atoms with Crippen LogP contribution in [-0.4, -0.2) is 20.5 Å². The van der Waals surface area contributed by atoms with Crippen LogP contribution in [0.4, 0.5) is 0 Å². The van der Waals surface area contributed by atoms with E-state index in [1.54, 1.807) is 6.20 Å². The summed E-state index contributed by atoms with van der Waals surface area (Å²) in [5.74, 6) is -0.826. The molecule has 0 unspecified atom stereocenters. The van der Waals surface area contributed by atoms with Gasteiger partial charge in [-0.2, -0.15) is 0 Å². The average Bonchev–Trinajstić information content (AvgIpc) is 2.52. The summed E-state index contributed by atoms with van der Waals surface area (Å²) in [6, 6.07) is 2.98. The zero-order chi connectivity index (χ0) is 11.7. The maximum Gasteiger partial charge on any atom is 0.303 e. The molecule has 84 valence electrons. The van der Waals surface area contributed by atoms with E-state index in [1.165, 1.54) is 12.1 Å². The molecule has 0 atom stereocenters. The van der Waals surface area contributed by atoms with Gasteiger partial charge in [-0.05, 0) is 13.3 Å². The van der Waals surface area contributed by atoms with Crippen molar-refractivity contribution >= 4 is 11.6 Å². The van der Waals surface area contributed by atoms with Crippen molar-refractivity contribution in [1.82, 2.24) is 9.38 Å². The van der Waals surface area contributed by atoms with Gasteiger partial charge < -0.3 is 14.5 Å². The van der Waals surface area contributed by atoms with Gasteiger partial charge in [-0.3, -0.25) is 9.59 Å². The van der Waals surface area contributed by atoms with Gasteiger partial charge in [-0.1, -0.05) is 0 Å². The fourth-order valence-corrected chi connectivity index (χ4v) is 1.74. The number of hydrogen-bond acceptors (Lipinski definition) is 2. The summed E-state index contributed by atoms with van der Waals surface area (Å²) >= 11 is 0. The second kappa shape index (κ2) is 3.84. The summed E-state index contributed by atoms with van der Waals surface area (Å²) in [7, 11) is 0. The van der Waals surface area contributed by atoms with Gasteiger partial charge in [-0.25, -0.2) is 0 Å². The van der Waals surface area contributed by atoms with Crippen LogP contribution in [0.15, 0.2) is 23.1 Å². The Morgan fingerprint density at radius 2 is 2.31 bits per heavy atom. The van der Waals surface area contributed by atoms with Gasteiger partial charge in [-0.15, -0.1) is 0 Å². The van der Waals surface area contributed by atoms with Gasteiger partial charge in [0.1, 0.15) is 5.65 Å². The Labute approximate surface area is 91.3 Å². The number of aromatic amines is 1. The molecule has 16 heavy (non-hydrogen) atoms. The number of carboxylic acid groups (broad SMARTS) is 1. The van der Waals surface area contributed by atoms with E-state index in [0.717, 1.165) is 11.4 Å². The first-order valence-electron chi connectivity index (χ1n) is 4.99. The van der Waals surface area contributed by atoms with Crippen LogP contribution < -0.4 is 5.43 Å². The molecule has 0 aliphatic carbocycles. The molecule has 0 fully saturated rings. The van der Waals surface area contributed by atoms with Crippen molar-refractivity contribution in [3.05, 3.63) is 39.9 Å². The predicted octanol–water partition coefficient (Wildman–Crippen LogP) is 0.953. The van der Waals surface area contributed by atoms with E-state index in [1.807, 2.05) is 11.3 Å². The van der Waals surface area contributed by atoms with Gasteiger partial charge in [0.25, 0.3) is 0 Å². The Kier molecular flexibility index (Phi) is 2.52. The predicted molar refractivity (Wildman–Crippen MR) is 58.7 cm³/mol. The monoisotopic (exact) mass is 220 g/mol. The topological polar surface area (TPSA) is 74.6 Å². The molecule has 0 saturated heterocycles. The number of aryl methyl sites for hydroxylation is 2. The molecule has 0 bridgehead atoms. The highest BCUT2D eigenvalue weighted by Crippen LogP contribution is 2.11. The number of rotatable bonds is 3. The Morgan fingerprint density at radius 1 is 1.56 bits per heavy atom. The number of nitrogens with one attached hydrogen (secondary N) is 1. The molecule has 5 nitrogen and oxygen atoms in total. The lowest BCUT2D eigenvalue weighted by atomic mass is 10.2. The van der Waals surface area contributed by atoms with Gasteiger partial charge >= 0.3 is 5.97 Å². The van der Waals surface area contributed by atoms with Crippen molar-refractivity contribution in [3.63, 3.8) is 0 Å². The number of H-pyrrole nitrogens is 1. The number of carbonyl (C=O) groups is 1. The lowest BCUT2D eigenvalue weighted by Gasteiger charge is -1.96. The van der Waals surface area contributed by atoms with Crippen molar-refractivity contribution in [2.24, 2.45) is 0 Å². The molecule has 2 aromatic rings. The largest absolute Gasteiger partial charge is 0.481 e. The standard InChI is InChI=1S/C11H12N2O3/c1-7-9(2-3-11(15)16)12-10-6-8(14)4-5-13(7)10/h4-6,12H,2-3H2,1H3,(H,15,16). The van der Waals surface area contributed by atoms with Crippen molar-refractivity contribution in [1.29, 1.82) is 0 Å². The molecule has 0 saturated carbocycles. The summed E-state index contributed by atoms with van der Waals surface area (Å²) in [4.78, 5) is 24.7. The number of pyridine rings is 1.